The minimum Gasteiger partial charge on any atom is -0.379 e. The zero-order valence-electron chi connectivity index (χ0n) is 14.7. The number of likely N-dealkylation sites (N-methyl/N-ethyl adjacent to an activating group) is 1. The molecule has 4 heteroatoms. The third-order valence-corrected chi connectivity index (χ3v) is 6.23. The van der Waals surface area contributed by atoms with Crippen molar-refractivity contribution in [3.05, 3.63) is 35.4 Å². The minimum atomic E-state index is 0.152. The number of morpholine rings is 1. The van der Waals surface area contributed by atoms with Gasteiger partial charge in [0.1, 0.15) is 0 Å². The zero-order valence-corrected chi connectivity index (χ0v) is 14.7. The number of rotatable bonds is 4. The molecule has 0 bridgehead atoms. The fourth-order valence-corrected chi connectivity index (χ4v) is 4.65. The molecule has 1 saturated heterocycles. The minimum absolute atomic E-state index is 0.152. The first-order valence-electron chi connectivity index (χ1n) is 9.34. The number of hydrogen-bond acceptors (Lipinski definition) is 3. The van der Waals surface area contributed by atoms with Gasteiger partial charge in [0.15, 0.2) is 0 Å². The summed E-state index contributed by atoms with van der Waals surface area (Å²) in [5, 5.41) is 0. The lowest BCUT2D eigenvalue weighted by Crippen LogP contribution is -2.42. The summed E-state index contributed by atoms with van der Waals surface area (Å²) in [4.78, 5) is 17.3. The molecule has 4 nitrogen and oxygen atoms in total. The largest absolute Gasteiger partial charge is 0.379 e. The number of aryl methyl sites for hydroxylation is 1. The van der Waals surface area contributed by atoms with E-state index in [0.29, 0.717) is 5.91 Å². The first-order valence-corrected chi connectivity index (χ1v) is 9.34. The zero-order chi connectivity index (χ0) is 16.6. The SMILES string of the molecule is CN(CCN1CCOCC1)C(=O)[C@@H]1C[C@]12CCCc1ccccc12. The highest BCUT2D eigenvalue weighted by atomic mass is 16.5. The van der Waals surface area contributed by atoms with Crippen molar-refractivity contribution >= 4 is 5.91 Å². The van der Waals surface area contributed by atoms with Crippen LogP contribution in [0.25, 0.3) is 0 Å². The quantitative estimate of drug-likeness (QED) is 0.848. The van der Waals surface area contributed by atoms with Crippen LogP contribution in [0, 0.1) is 5.92 Å². The van der Waals surface area contributed by atoms with Gasteiger partial charge in [-0.2, -0.15) is 0 Å². The van der Waals surface area contributed by atoms with Crippen LogP contribution in [0.2, 0.25) is 0 Å². The highest BCUT2D eigenvalue weighted by molar-refractivity contribution is 5.84. The summed E-state index contributed by atoms with van der Waals surface area (Å²) in [6.07, 6.45) is 4.62. The molecule has 24 heavy (non-hydrogen) atoms. The number of nitrogens with zero attached hydrogens (tertiary/aromatic N) is 2. The first kappa shape index (κ1) is 16.1. The number of carbonyl (C=O) groups excluding carboxylic acids is 1. The smallest absolute Gasteiger partial charge is 0.226 e. The maximum absolute atomic E-state index is 12.9. The van der Waals surface area contributed by atoms with Crippen LogP contribution in [0.5, 0.6) is 0 Å². The molecule has 4 rings (SSSR count). The van der Waals surface area contributed by atoms with Gasteiger partial charge in [0, 0.05) is 44.6 Å². The Kier molecular flexibility index (Phi) is 4.35. The normalized spacial score (nSPS) is 29.3. The number of fused-ring (bicyclic) bond motifs is 2. The Morgan fingerprint density at radius 1 is 1.33 bits per heavy atom. The molecule has 1 aromatic rings. The molecule has 130 valence electrons. The van der Waals surface area contributed by atoms with Gasteiger partial charge in [-0.05, 0) is 36.8 Å². The lowest BCUT2D eigenvalue weighted by Gasteiger charge is -2.30. The average Bonchev–Trinajstić information content (AvgIpc) is 3.35. The highest BCUT2D eigenvalue weighted by Crippen LogP contribution is 2.60. The third kappa shape index (κ3) is 2.86. The van der Waals surface area contributed by atoms with Gasteiger partial charge in [-0.25, -0.2) is 0 Å². The molecular formula is C20H28N2O2. The number of hydrogen-bond donors (Lipinski definition) is 0. The molecule has 1 aliphatic heterocycles. The molecule has 1 saturated carbocycles. The molecule has 1 heterocycles. The van der Waals surface area contributed by atoms with E-state index in [1.54, 1.807) is 0 Å². The van der Waals surface area contributed by atoms with Crippen LogP contribution in [-0.4, -0.2) is 62.1 Å². The van der Waals surface area contributed by atoms with Gasteiger partial charge in [-0.1, -0.05) is 24.3 Å². The second-order valence-electron chi connectivity index (χ2n) is 7.64. The fraction of sp³-hybridized carbons (Fsp3) is 0.650. The standard InChI is InChI=1S/C20H28N2O2/c1-21(9-10-22-11-13-24-14-12-22)19(23)18-15-20(18)8-4-6-16-5-2-3-7-17(16)20/h2-3,5,7,18H,4,6,8-15H2,1H3/t18-,20-/m0/s1. The van der Waals surface area contributed by atoms with Crippen molar-refractivity contribution in [3.8, 4) is 0 Å². The summed E-state index contributed by atoms with van der Waals surface area (Å²) in [7, 11) is 1.98. The van der Waals surface area contributed by atoms with Crippen LogP contribution in [0.15, 0.2) is 24.3 Å². The van der Waals surface area contributed by atoms with E-state index in [9.17, 15) is 4.79 Å². The monoisotopic (exact) mass is 328 g/mol. The molecule has 0 unspecified atom stereocenters. The Labute approximate surface area is 144 Å². The molecule has 2 fully saturated rings. The van der Waals surface area contributed by atoms with E-state index in [4.69, 9.17) is 4.74 Å². The number of carbonyl (C=O) groups is 1. The summed E-state index contributed by atoms with van der Waals surface area (Å²) in [6.45, 7) is 5.40. The average molecular weight is 328 g/mol. The van der Waals surface area contributed by atoms with Gasteiger partial charge in [-0.3, -0.25) is 9.69 Å². The molecule has 3 aliphatic rings. The predicted octanol–water partition coefficient (Wildman–Crippen LogP) is 2.07. The van der Waals surface area contributed by atoms with E-state index >= 15 is 0 Å². The van der Waals surface area contributed by atoms with E-state index in [2.05, 4.69) is 29.2 Å². The van der Waals surface area contributed by atoms with Crippen LogP contribution >= 0.6 is 0 Å². The van der Waals surface area contributed by atoms with Crippen LogP contribution in [0.3, 0.4) is 0 Å². The van der Waals surface area contributed by atoms with Crippen molar-refractivity contribution in [2.75, 3.05) is 46.4 Å². The van der Waals surface area contributed by atoms with E-state index in [1.165, 1.54) is 30.4 Å². The first-order chi connectivity index (χ1) is 11.7. The maximum Gasteiger partial charge on any atom is 0.226 e. The molecule has 1 spiro atoms. The number of ether oxygens (including phenoxy) is 1. The Morgan fingerprint density at radius 3 is 2.96 bits per heavy atom. The van der Waals surface area contributed by atoms with Gasteiger partial charge in [0.05, 0.1) is 13.2 Å². The molecule has 1 amide bonds. The Bertz CT molecular complexity index is 611. The van der Waals surface area contributed by atoms with E-state index in [-0.39, 0.29) is 11.3 Å². The van der Waals surface area contributed by atoms with Crippen molar-refractivity contribution in [1.29, 1.82) is 0 Å². The van der Waals surface area contributed by atoms with E-state index in [1.807, 2.05) is 11.9 Å². The lowest BCUT2D eigenvalue weighted by atomic mass is 9.78. The third-order valence-electron chi connectivity index (χ3n) is 6.23. The van der Waals surface area contributed by atoms with Crippen molar-refractivity contribution < 1.29 is 9.53 Å². The molecule has 0 aromatic heterocycles. The Hall–Kier alpha value is -1.39. The number of benzene rings is 1. The van der Waals surface area contributed by atoms with E-state index in [0.717, 1.165) is 45.8 Å². The Balaban J connectivity index is 1.38. The summed E-state index contributed by atoms with van der Waals surface area (Å²) in [5.74, 6) is 0.550. The lowest BCUT2D eigenvalue weighted by molar-refractivity contribution is -0.132. The molecule has 0 N–H and O–H groups in total. The van der Waals surface area contributed by atoms with E-state index < -0.39 is 0 Å². The predicted molar refractivity (Wildman–Crippen MR) is 94.1 cm³/mol. The molecule has 0 radical (unpaired) electrons. The van der Waals surface area contributed by atoms with Crippen LogP contribution < -0.4 is 0 Å². The van der Waals surface area contributed by atoms with Crippen LogP contribution in [0.1, 0.15) is 30.4 Å². The number of amides is 1. The molecular weight excluding hydrogens is 300 g/mol. The molecule has 2 atom stereocenters. The topological polar surface area (TPSA) is 32.8 Å². The summed E-state index contributed by atoms with van der Waals surface area (Å²) in [6, 6.07) is 8.77. The maximum atomic E-state index is 12.9. The van der Waals surface area contributed by atoms with Crippen LogP contribution in [0.4, 0.5) is 0 Å². The second kappa shape index (κ2) is 6.49. The van der Waals surface area contributed by atoms with Gasteiger partial charge < -0.3 is 9.64 Å². The molecule has 2 aliphatic carbocycles. The molecule has 1 aromatic carbocycles. The summed E-state index contributed by atoms with van der Waals surface area (Å²) in [5.41, 5.74) is 3.07. The van der Waals surface area contributed by atoms with Crippen molar-refractivity contribution in [3.63, 3.8) is 0 Å². The van der Waals surface area contributed by atoms with Gasteiger partial charge in [0.2, 0.25) is 5.91 Å². The summed E-state index contributed by atoms with van der Waals surface area (Å²) >= 11 is 0. The summed E-state index contributed by atoms with van der Waals surface area (Å²) < 4.78 is 5.39. The second-order valence-corrected chi connectivity index (χ2v) is 7.64. The highest BCUT2D eigenvalue weighted by Gasteiger charge is 2.60. The van der Waals surface area contributed by atoms with Crippen molar-refractivity contribution in [2.45, 2.75) is 31.1 Å². The van der Waals surface area contributed by atoms with Gasteiger partial charge in [-0.15, -0.1) is 0 Å². The van der Waals surface area contributed by atoms with Gasteiger partial charge >= 0.3 is 0 Å². The Morgan fingerprint density at radius 2 is 2.12 bits per heavy atom. The van der Waals surface area contributed by atoms with Crippen molar-refractivity contribution in [2.24, 2.45) is 5.92 Å². The van der Waals surface area contributed by atoms with Gasteiger partial charge in [0.25, 0.3) is 0 Å². The van der Waals surface area contributed by atoms with Crippen molar-refractivity contribution in [1.82, 2.24) is 9.80 Å². The van der Waals surface area contributed by atoms with Crippen LogP contribution in [-0.2, 0) is 21.4 Å². The fourth-order valence-electron chi connectivity index (χ4n) is 4.65.